The van der Waals surface area contributed by atoms with Crippen molar-refractivity contribution in [3.8, 4) is 0 Å². The monoisotopic (exact) mass is 316 g/mol. The molecule has 0 bridgehead atoms. The highest BCUT2D eigenvalue weighted by atomic mass is 32.2. The summed E-state index contributed by atoms with van der Waals surface area (Å²) in [6.07, 6.45) is 0.962. The number of benzene rings is 1. The molecule has 2 unspecified atom stereocenters. The van der Waals surface area contributed by atoms with Crippen LogP contribution in [0.1, 0.15) is 24.5 Å². The summed E-state index contributed by atoms with van der Waals surface area (Å²) in [5.74, 6) is -0.238. The predicted molar refractivity (Wildman–Crippen MR) is 75.0 cm³/mol. The second-order valence-electron chi connectivity index (χ2n) is 5.56. The van der Waals surface area contributed by atoms with Gasteiger partial charge in [0.1, 0.15) is 0 Å². The molecule has 8 heteroatoms. The molecule has 0 amide bonds. The molecule has 6 nitrogen and oxygen atoms in total. The van der Waals surface area contributed by atoms with Crippen molar-refractivity contribution in [1.29, 1.82) is 0 Å². The molecule has 1 saturated carbocycles. The van der Waals surface area contributed by atoms with Crippen LogP contribution in [0.5, 0.6) is 0 Å². The fraction of sp³-hybridized carbons (Fsp3) is 0.538. The van der Waals surface area contributed by atoms with Gasteiger partial charge in [0.2, 0.25) is 15.8 Å². The summed E-state index contributed by atoms with van der Waals surface area (Å²) >= 11 is 0. The number of sulfonamides is 1. The maximum absolute atomic E-state index is 13.6. The number of nitrogens with one attached hydrogen (secondary N) is 1. The van der Waals surface area contributed by atoms with E-state index in [1.807, 2.05) is 6.92 Å². The molecule has 1 aliphatic rings. The quantitative estimate of drug-likeness (QED) is 0.666. The Balaban J connectivity index is 2.42. The van der Waals surface area contributed by atoms with E-state index in [-0.39, 0.29) is 16.0 Å². The van der Waals surface area contributed by atoms with Crippen LogP contribution in [-0.4, -0.2) is 19.9 Å². The maximum atomic E-state index is 13.6. The molecular formula is C13H17FN2O4S. The number of aryl methyl sites for hydroxylation is 1. The first-order chi connectivity index (χ1) is 9.65. The summed E-state index contributed by atoms with van der Waals surface area (Å²) in [7, 11) is -3.89. The molecule has 0 spiro atoms. The zero-order valence-electron chi connectivity index (χ0n) is 12.0. The molecule has 1 N–H and O–H groups in total. The fourth-order valence-electron chi connectivity index (χ4n) is 2.52. The minimum Gasteiger partial charge on any atom is -0.258 e. The second kappa shape index (κ2) is 5.34. The van der Waals surface area contributed by atoms with E-state index in [9.17, 15) is 22.9 Å². The van der Waals surface area contributed by atoms with Crippen molar-refractivity contribution < 1.29 is 17.7 Å². The van der Waals surface area contributed by atoms with E-state index in [1.165, 1.54) is 13.8 Å². The van der Waals surface area contributed by atoms with Crippen molar-refractivity contribution in [2.24, 2.45) is 11.8 Å². The topological polar surface area (TPSA) is 89.3 Å². The van der Waals surface area contributed by atoms with Crippen LogP contribution in [0.15, 0.2) is 11.0 Å². The van der Waals surface area contributed by atoms with E-state index in [0.717, 1.165) is 12.5 Å². The summed E-state index contributed by atoms with van der Waals surface area (Å²) in [5, 5.41) is 10.9. The van der Waals surface area contributed by atoms with E-state index >= 15 is 0 Å². The minimum absolute atomic E-state index is 0.159. The highest BCUT2D eigenvalue weighted by molar-refractivity contribution is 7.89. The van der Waals surface area contributed by atoms with Gasteiger partial charge >= 0.3 is 5.69 Å². The molecule has 1 aromatic rings. The Morgan fingerprint density at radius 2 is 2.05 bits per heavy atom. The van der Waals surface area contributed by atoms with Crippen LogP contribution in [0.4, 0.5) is 10.1 Å². The van der Waals surface area contributed by atoms with Gasteiger partial charge in [0.25, 0.3) is 0 Å². The molecule has 2 atom stereocenters. The standard InChI is InChI=1S/C13H17FN2O4S/c1-7-4-10(7)6-15-21(19,20)13-8(2)5-11(14)12(9(13)3)16(17)18/h5,7,10,15H,4,6H2,1-3H3. The molecule has 1 aromatic carbocycles. The number of nitro benzene ring substituents is 1. The van der Waals surface area contributed by atoms with Crippen LogP contribution in [0.3, 0.4) is 0 Å². The van der Waals surface area contributed by atoms with Crippen LogP contribution in [0.25, 0.3) is 0 Å². The smallest absolute Gasteiger partial charge is 0.258 e. The fourth-order valence-corrected chi connectivity index (χ4v) is 4.08. The van der Waals surface area contributed by atoms with Crippen molar-refractivity contribution in [2.75, 3.05) is 6.54 Å². The third kappa shape index (κ3) is 3.06. The van der Waals surface area contributed by atoms with Gasteiger partial charge < -0.3 is 0 Å². The third-order valence-corrected chi connectivity index (χ3v) is 5.60. The van der Waals surface area contributed by atoms with E-state index in [4.69, 9.17) is 0 Å². The third-order valence-electron chi connectivity index (χ3n) is 3.89. The summed E-state index contributed by atoms with van der Waals surface area (Å²) in [5.41, 5.74) is -0.804. The van der Waals surface area contributed by atoms with Crippen molar-refractivity contribution in [3.05, 3.63) is 33.1 Å². The first kappa shape index (κ1) is 15.8. The Hall–Kier alpha value is -1.54. The molecule has 1 fully saturated rings. The van der Waals surface area contributed by atoms with Gasteiger partial charge in [-0.15, -0.1) is 0 Å². The van der Waals surface area contributed by atoms with Crippen molar-refractivity contribution in [1.82, 2.24) is 4.72 Å². The van der Waals surface area contributed by atoms with Crippen molar-refractivity contribution in [2.45, 2.75) is 32.1 Å². The lowest BCUT2D eigenvalue weighted by Crippen LogP contribution is -2.28. The summed E-state index contributed by atoms with van der Waals surface area (Å²) in [4.78, 5) is 9.80. The lowest BCUT2D eigenvalue weighted by Gasteiger charge is -2.12. The van der Waals surface area contributed by atoms with Gasteiger partial charge in [-0.05, 0) is 43.7 Å². The van der Waals surface area contributed by atoms with E-state index < -0.39 is 26.5 Å². The molecule has 0 heterocycles. The average molecular weight is 316 g/mol. The molecule has 0 aliphatic heterocycles. The zero-order valence-corrected chi connectivity index (χ0v) is 12.8. The molecule has 0 radical (unpaired) electrons. The number of hydrogen-bond acceptors (Lipinski definition) is 4. The number of nitrogens with zero attached hydrogens (tertiary/aromatic N) is 1. The van der Waals surface area contributed by atoms with Crippen LogP contribution in [-0.2, 0) is 10.0 Å². The highest BCUT2D eigenvalue weighted by Gasteiger charge is 2.35. The molecule has 1 aliphatic carbocycles. The molecule has 0 saturated heterocycles. The van der Waals surface area contributed by atoms with Crippen LogP contribution < -0.4 is 4.72 Å². The average Bonchev–Trinajstić information content (AvgIpc) is 3.01. The van der Waals surface area contributed by atoms with Gasteiger partial charge in [-0.25, -0.2) is 13.1 Å². The molecule has 2 rings (SSSR count). The Bertz CT molecular complexity index is 703. The van der Waals surface area contributed by atoms with Gasteiger partial charge in [0, 0.05) is 6.54 Å². The molecule has 116 valence electrons. The Kier molecular flexibility index (Phi) is 4.03. The van der Waals surface area contributed by atoms with Gasteiger partial charge in [-0.1, -0.05) is 6.92 Å². The SMILES string of the molecule is Cc1cc(F)c([N+](=O)[O-])c(C)c1S(=O)(=O)NCC1CC1C. The van der Waals surface area contributed by atoms with E-state index in [1.54, 1.807) is 0 Å². The zero-order chi connectivity index (χ0) is 15.9. The molecule has 21 heavy (non-hydrogen) atoms. The second-order valence-corrected chi connectivity index (χ2v) is 7.26. The van der Waals surface area contributed by atoms with E-state index in [0.29, 0.717) is 18.4 Å². The van der Waals surface area contributed by atoms with Crippen LogP contribution in [0, 0.1) is 41.6 Å². The Morgan fingerprint density at radius 1 is 1.48 bits per heavy atom. The highest BCUT2D eigenvalue weighted by Crippen LogP contribution is 2.37. The van der Waals surface area contributed by atoms with Gasteiger partial charge in [0.05, 0.1) is 15.4 Å². The van der Waals surface area contributed by atoms with Gasteiger partial charge in [-0.2, -0.15) is 4.39 Å². The van der Waals surface area contributed by atoms with Gasteiger partial charge in [-0.3, -0.25) is 10.1 Å². The number of halogens is 1. The lowest BCUT2D eigenvalue weighted by molar-refractivity contribution is -0.388. The lowest BCUT2D eigenvalue weighted by atomic mass is 10.1. The van der Waals surface area contributed by atoms with Crippen LogP contribution >= 0.6 is 0 Å². The first-order valence-electron chi connectivity index (χ1n) is 6.59. The largest absolute Gasteiger partial charge is 0.309 e. The maximum Gasteiger partial charge on any atom is 0.309 e. The number of hydrogen-bond donors (Lipinski definition) is 1. The van der Waals surface area contributed by atoms with Gasteiger partial charge in [0.15, 0.2) is 0 Å². The molecule has 0 aromatic heterocycles. The van der Waals surface area contributed by atoms with Crippen molar-refractivity contribution in [3.63, 3.8) is 0 Å². The summed E-state index contributed by atoms with van der Waals surface area (Å²) < 4.78 is 40.8. The van der Waals surface area contributed by atoms with Crippen molar-refractivity contribution >= 4 is 15.7 Å². The molecular weight excluding hydrogens is 299 g/mol. The van der Waals surface area contributed by atoms with E-state index in [2.05, 4.69) is 4.72 Å². The minimum atomic E-state index is -3.89. The first-order valence-corrected chi connectivity index (χ1v) is 8.07. The summed E-state index contributed by atoms with van der Waals surface area (Å²) in [6.45, 7) is 5.00. The Morgan fingerprint density at radius 3 is 2.52 bits per heavy atom. The normalized spacial score (nSPS) is 21.3. The predicted octanol–water partition coefficient (Wildman–Crippen LogP) is 2.29. The Labute approximate surface area is 122 Å². The summed E-state index contributed by atoms with van der Waals surface area (Å²) in [6, 6.07) is 0.888. The van der Waals surface area contributed by atoms with Crippen LogP contribution in [0.2, 0.25) is 0 Å². The number of nitro groups is 1. The number of rotatable bonds is 5.